The summed E-state index contributed by atoms with van der Waals surface area (Å²) in [7, 11) is 0. The summed E-state index contributed by atoms with van der Waals surface area (Å²) < 4.78 is 52.7. The Morgan fingerprint density at radius 1 is 0.846 bits per heavy atom. The molecule has 0 unspecified atom stereocenters. The van der Waals surface area contributed by atoms with Gasteiger partial charge in [-0.2, -0.15) is 0 Å². The topological polar surface area (TPSA) is 54.0 Å². The number of nitrogens with zero attached hydrogens (tertiary/aromatic N) is 1. The molecule has 0 aliphatic rings. The van der Waals surface area contributed by atoms with Crippen molar-refractivity contribution < 1.29 is 22.4 Å². The van der Waals surface area contributed by atoms with E-state index in [-0.39, 0.29) is 22.8 Å². The van der Waals surface area contributed by atoms with Crippen molar-refractivity contribution in [2.24, 2.45) is 0 Å². The van der Waals surface area contributed by atoms with Crippen LogP contribution < -0.4 is 10.6 Å². The standard InChI is InChI=1S/C18H11F4N3O/c19-11-1-4-16(15(22)8-11)25-17-7-10(5-6-23-17)18(26)24-12-2-3-13(20)14(21)9-12/h1-9H,(H,23,25)(H,24,26). The summed E-state index contributed by atoms with van der Waals surface area (Å²) in [6, 6.07) is 8.65. The van der Waals surface area contributed by atoms with E-state index in [2.05, 4.69) is 15.6 Å². The van der Waals surface area contributed by atoms with E-state index in [0.29, 0.717) is 6.07 Å². The Balaban J connectivity index is 1.77. The number of amides is 1. The maximum atomic E-state index is 13.7. The van der Waals surface area contributed by atoms with Crippen LogP contribution in [0.5, 0.6) is 0 Å². The Labute approximate surface area is 145 Å². The van der Waals surface area contributed by atoms with Crippen LogP contribution in [-0.2, 0) is 0 Å². The first kappa shape index (κ1) is 17.4. The maximum Gasteiger partial charge on any atom is 0.255 e. The third kappa shape index (κ3) is 3.97. The first-order valence-corrected chi connectivity index (χ1v) is 7.37. The van der Waals surface area contributed by atoms with Crippen LogP contribution in [0.3, 0.4) is 0 Å². The smallest absolute Gasteiger partial charge is 0.255 e. The summed E-state index contributed by atoms with van der Waals surface area (Å²) >= 11 is 0. The second kappa shape index (κ2) is 7.22. The van der Waals surface area contributed by atoms with Gasteiger partial charge < -0.3 is 10.6 Å². The number of anilines is 3. The number of hydrogen-bond acceptors (Lipinski definition) is 3. The lowest BCUT2D eigenvalue weighted by Gasteiger charge is -2.09. The molecule has 0 saturated heterocycles. The van der Waals surface area contributed by atoms with Crippen LogP contribution in [0.15, 0.2) is 54.7 Å². The molecule has 0 aliphatic heterocycles. The van der Waals surface area contributed by atoms with Gasteiger partial charge in [0, 0.05) is 29.6 Å². The van der Waals surface area contributed by atoms with Crippen molar-refractivity contribution >= 4 is 23.1 Å². The van der Waals surface area contributed by atoms with Gasteiger partial charge in [0.1, 0.15) is 17.5 Å². The van der Waals surface area contributed by atoms with Gasteiger partial charge in [-0.3, -0.25) is 4.79 Å². The quantitative estimate of drug-likeness (QED) is 0.666. The molecule has 0 atom stereocenters. The summed E-state index contributed by atoms with van der Waals surface area (Å²) in [6.07, 6.45) is 1.31. The molecule has 3 rings (SSSR count). The number of aromatic nitrogens is 1. The number of pyridine rings is 1. The van der Waals surface area contributed by atoms with E-state index >= 15 is 0 Å². The summed E-state index contributed by atoms with van der Waals surface area (Å²) in [5, 5.41) is 5.04. The van der Waals surface area contributed by atoms with Gasteiger partial charge in [-0.25, -0.2) is 22.5 Å². The normalized spacial score (nSPS) is 10.5. The molecular formula is C18H11F4N3O. The van der Waals surface area contributed by atoms with Gasteiger partial charge in [-0.15, -0.1) is 0 Å². The van der Waals surface area contributed by atoms with Crippen molar-refractivity contribution in [3.8, 4) is 0 Å². The van der Waals surface area contributed by atoms with Crippen molar-refractivity contribution in [1.29, 1.82) is 0 Å². The molecule has 4 nitrogen and oxygen atoms in total. The van der Waals surface area contributed by atoms with E-state index in [1.165, 1.54) is 30.5 Å². The van der Waals surface area contributed by atoms with Crippen LogP contribution in [-0.4, -0.2) is 10.9 Å². The summed E-state index contributed by atoms with van der Waals surface area (Å²) in [6.45, 7) is 0. The zero-order chi connectivity index (χ0) is 18.7. The largest absolute Gasteiger partial charge is 0.338 e. The van der Waals surface area contributed by atoms with Crippen LogP contribution in [0.1, 0.15) is 10.4 Å². The Hall–Kier alpha value is -3.42. The Bertz CT molecular complexity index is 978. The number of nitrogens with one attached hydrogen (secondary N) is 2. The monoisotopic (exact) mass is 361 g/mol. The van der Waals surface area contributed by atoms with Crippen molar-refractivity contribution in [3.63, 3.8) is 0 Å². The highest BCUT2D eigenvalue weighted by atomic mass is 19.2. The van der Waals surface area contributed by atoms with Crippen LogP contribution in [0.4, 0.5) is 34.8 Å². The van der Waals surface area contributed by atoms with Gasteiger partial charge in [0.2, 0.25) is 0 Å². The lowest BCUT2D eigenvalue weighted by atomic mass is 10.2. The molecule has 0 saturated carbocycles. The van der Waals surface area contributed by atoms with Gasteiger partial charge in [0.15, 0.2) is 11.6 Å². The zero-order valence-electron chi connectivity index (χ0n) is 13.1. The minimum absolute atomic E-state index is 0.0166. The molecule has 3 aromatic rings. The number of rotatable bonds is 4. The molecule has 1 aromatic heterocycles. The fraction of sp³-hybridized carbons (Fsp3) is 0. The molecule has 0 radical (unpaired) electrons. The second-order valence-electron chi connectivity index (χ2n) is 5.26. The molecule has 2 N–H and O–H groups in total. The molecule has 0 fully saturated rings. The molecule has 8 heteroatoms. The molecule has 2 aromatic carbocycles. The van der Waals surface area contributed by atoms with Crippen LogP contribution in [0, 0.1) is 23.3 Å². The van der Waals surface area contributed by atoms with Crippen molar-refractivity contribution in [3.05, 3.63) is 83.6 Å². The van der Waals surface area contributed by atoms with E-state index < -0.39 is 29.2 Å². The van der Waals surface area contributed by atoms with E-state index in [4.69, 9.17) is 0 Å². The van der Waals surface area contributed by atoms with Gasteiger partial charge in [0.25, 0.3) is 5.91 Å². The molecule has 26 heavy (non-hydrogen) atoms. The minimum Gasteiger partial charge on any atom is -0.338 e. The predicted octanol–water partition coefficient (Wildman–Crippen LogP) is 4.63. The predicted molar refractivity (Wildman–Crippen MR) is 88.2 cm³/mol. The molecular weight excluding hydrogens is 350 g/mol. The number of benzene rings is 2. The van der Waals surface area contributed by atoms with E-state index in [0.717, 1.165) is 18.2 Å². The van der Waals surface area contributed by atoms with Crippen LogP contribution in [0.25, 0.3) is 0 Å². The number of halogens is 4. The Morgan fingerprint density at radius 2 is 1.65 bits per heavy atom. The van der Waals surface area contributed by atoms with Crippen LogP contribution in [0.2, 0.25) is 0 Å². The third-order valence-electron chi connectivity index (χ3n) is 3.39. The van der Waals surface area contributed by atoms with E-state index in [1.54, 1.807) is 0 Å². The first-order chi connectivity index (χ1) is 12.4. The average Bonchev–Trinajstić information content (AvgIpc) is 2.61. The third-order valence-corrected chi connectivity index (χ3v) is 3.39. The summed E-state index contributed by atoms with van der Waals surface area (Å²) in [4.78, 5) is 16.2. The van der Waals surface area contributed by atoms with Gasteiger partial charge in [-0.05, 0) is 36.4 Å². The highest BCUT2D eigenvalue weighted by molar-refractivity contribution is 6.04. The highest BCUT2D eigenvalue weighted by Gasteiger charge is 2.11. The molecule has 0 spiro atoms. The lowest BCUT2D eigenvalue weighted by molar-refractivity contribution is 0.102. The number of carbonyl (C=O) groups is 1. The lowest BCUT2D eigenvalue weighted by Crippen LogP contribution is -2.12. The molecule has 1 amide bonds. The van der Waals surface area contributed by atoms with Crippen molar-refractivity contribution in [2.45, 2.75) is 0 Å². The average molecular weight is 361 g/mol. The molecule has 0 bridgehead atoms. The SMILES string of the molecule is O=C(Nc1ccc(F)c(F)c1)c1ccnc(Nc2ccc(F)cc2F)c1. The van der Waals surface area contributed by atoms with Crippen molar-refractivity contribution in [2.75, 3.05) is 10.6 Å². The summed E-state index contributed by atoms with van der Waals surface area (Å²) in [5.41, 5.74) is 0.205. The second-order valence-corrected chi connectivity index (χ2v) is 5.26. The molecule has 1 heterocycles. The molecule has 0 aliphatic carbocycles. The van der Waals surface area contributed by atoms with Crippen LogP contribution >= 0.6 is 0 Å². The van der Waals surface area contributed by atoms with Gasteiger partial charge in [-0.1, -0.05) is 0 Å². The van der Waals surface area contributed by atoms with Crippen molar-refractivity contribution in [1.82, 2.24) is 4.98 Å². The maximum absolute atomic E-state index is 13.7. The zero-order valence-corrected chi connectivity index (χ0v) is 13.1. The highest BCUT2D eigenvalue weighted by Crippen LogP contribution is 2.20. The fourth-order valence-corrected chi connectivity index (χ4v) is 2.15. The van der Waals surface area contributed by atoms with E-state index in [1.807, 2.05) is 0 Å². The Kier molecular flexibility index (Phi) is 4.83. The van der Waals surface area contributed by atoms with Gasteiger partial charge >= 0.3 is 0 Å². The number of hydrogen-bond donors (Lipinski definition) is 2. The fourth-order valence-electron chi connectivity index (χ4n) is 2.15. The number of carbonyl (C=O) groups excluding carboxylic acids is 1. The molecule has 132 valence electrons. The Morgan fingerprint density at radius 3 is 2.38 bits per heavy atom. The first-order valence-electron chi connectivity index (χ1n) is 7.37. The van der Waals surface area contributed by atoms with E-state index in [9.17, 15) is 22.4 Å². The minimum atomic E-state index is -1.09. The van der Waals surface area contributed by atoms with Gasteiger partial charge in [0.05, 0.1) is 5.69 Å². The summed E-state index contributed by atoms with van der Waals surface area (Å²) in [5.74, 6) is -4.11.